The molecule has 0 fully saturated rings. The second kappa shape index (κ2) is 7.01. The molecule has 18 heavy (non-hydrogen) atoms. The number of ether oxygens (including phenoxy) is 1. The Morgan fingerprint density at radius 3 is 2.61 bits per heavy atom. The van der Waals surface area contributed by atoms with Gasteiger partial charge in [-0.1, -0.05) is 38.4 Å². The lowest BCUT2D eigenvalue weighted by Crippen LogP contribution is -2.25. The molecular formula is C15H24ClNO. The van der Waals surface area contributed by atoms with E-state index in [4.69, 9.17) is 16.3 Å². The van der Waals surface area contributed by atoms with E-state index in [1.54, 1.807) is 7.11 Å². The van der Waals surface area contributed by atoms with Crippen LogP contribution in [0.5, 0.6) is 5.75 Å². The van der Waals surface area contributed by atoms with E-state index in [0.29, 0.717) is 5.02 Å². The lowest BCUT2D eigenvalue weighted by molar-refractivity contribution is 0.409. The first-order chi connectivity index (χ1) is 8.51. The summed E-state index contributed by atoms with van der Waals surface area (Å²) in [5.74, 6) is 0.753. The summed E-state index contributed by atoms with van der Waals surface area (Å²) in [6, 6.07) is 6.05. The van der Waals surface area contributed by atoms with Crippen molar-refractivity contribution in [2.24, 2.45) is 0 Å². The van der Waals surface area contributed by atoms with Crippen molar-refractivity contribution in [2.45, 2.75) is 39.0 Å². The average Bonchev–Trinajstić information content (AvgIpc) is 2.35. The number of benzene rings is 1. The molecule has 0 aliphatic rings. The van der Waals surface area contributed by atoms with Crippen molar-refractivity contribution >= 4 is 11.6 Å². The Balaban J connectivity index is 2.71. The summed E-state index contributed by atoms with van der Waals surface area (Å²) >= 11 is 6.05. The van der Waals surface area contributed by atoms with Gasteiger partial charge in [0.1, 0.15) is 5.75 Å². The fourth-order valence-electron chi connectivity index (χ4n) is 1.93. The molecule has 1 N–H and O–H groups in total. The molecule has 0 radical (unpaired) electrons. The first kappa shape index (κ1) is 15.3. The van der Waals surface area contributed by atoms with Gasteiger partial charge in [0.2, 0.25) is 0 Å². The van der Waals surface area contributed by atoms with Crippen molar-refractivity contribution in [1.29, 1.82) is 0 Å². The molecule has 1 aromatic rings. The first-order valence-electron chi connectivity index (χ1n) is 6.56. The predicted octanol–water partition coefficient (Wildman–Crippen LogP) is 4.02. The third kappa shape index (κ3) is 4.18. The van der Waals surface area contributed by atoms with Crippen LogP contribution in [0.4, 0.5) is 0 Å². The number of hydrogen-bond donors (Lipinski definition) is 1. The molecule has 3 heteroatoms. The summed E-state index contributed by atoms with van der Waals surface area (Å²) in [5.41, 5.74) is 1.39. The van der Waals surface area contributed by atoms with Crippen molar-refractivity contribution in [3.8, 4) is 5.75 Å². The van der Waals surface area contributed by atoms with E-state index in [2.05, 4.69) is 32.2 Å². The smallest absolute Gasteiger partial charge is 0.137 e. The van der Waals surface area contributed by atoms with Gasteiger partial charge < -0.3 is 10.1 Å². The highest BCUT2D eigenvalue weighted by atomic mass is 35.5. The Bertz CT molecular complexity index is 377. The summed E-state index contributed by atoms with van der Waals surface area (Å²) in [5, 5.41) is 4.11. The Hall–Kier alpha value is -0.730. The van der Waals surface area contributed by atoms with Gasteiger partial charge in [-0.3, -0.25) is 0 Å². The Morgan fingerprint density at radius 2 is 2.00 bits per heavy atom. The third-order valence-corrected chi connectivity index (χ3v) is 3.60. The van der Waals surface area contributed by atoms with Crippen LogP contribution >= 0.6 is 11.6 Å². The fraction of sp³-hybridized carbons (Fsp3) is 0.600. The summed E-state index contributed by atoms with van der Waals surface area (Å²) < 4.78 is 5.28. The third-order valence-electron chi connectivity index (χ3n) is 3.29. The number of nitrogens with one attached hydrogen (secondary N) is 1. The molecule has 102 valence electrons. The van der Waals surface area contributed by atoms with E-state index in [0.717, 1.165) is 25.3 Å². The number of rotatable bonds is 7. The average molecular weight is 270 g/mol. The van der Waals surface area contributed by atoms with Crippen molar-refractivity contribution in [2.75, 3.05) is 20.2 Å². The maximum absolute atomic E-state index is 6.05. The Labute approximate surface area is 116 Å². The molecule has 1 rings (SSSR count). The molecule has 0 aliphatic heterocycles. The van der Waals surface area contributed by atoms with Crippen LogP contribution in [0.3, 0.4) is 0 Å². The van der Waals surface area contributed by atoms with Crippen molar-refractivity contribution < 1.29 is 4.74 Å². The topological polar surface area (TPSA) is 21.3 Å². The highest BCUT2D eigenvalue weighted by Crippen LogP contribution is 2.33. The molecule has 0 heterocycles. The van der Waals surface area contributed by atoms with Crippen LogP contribution < -0.4 is 10.1 Å². The van der Waals surface area contributed by atoms with E-state index in [-0.39, 0.29) is 5.41 Å². The SMILES string of the molecule is CCCNCCC(C)(C)c1ccc(Cl)c(OC)c1. The van der Waals surface area contributed by atoms with E-state index < -0.39 is 0 Å². The Morgan fingerprint density at radius 1 is 1.28 bits per heavy atom. The van der Waals surface area contributed by atoms with Crippen LogP contribution in [0, 0.1) is 0 Å². The first-order valence-corrected chi connectivity index (χ1v) is 6.94. The maximum atomic E-state index is 6.05. The van der Waals surface area contributed by atoms with Crippen molar-refractivity contribution in [1.82, 2.24) is 5.32 Å². The fourth-order valence-corrected chi connectivity index (χ4v) is 2.12. The van der Waals surface area contributed by atoms with E-state index in [1.807, 2.05) is 12.1 Å². The second-order valence-corrected chi connectivity index (χ2v) is 5.64. The normalized spacial score (nSPS) is 11.6. The quantitative estimate of drug-likeness (QED) is 0.755. The molecular weight excluding hydrogens is 246 g/mol. The summed E-state index contributed by atoms with van der Waals surface area (Å²) in [6.45, 7) is 8.81. The van der Waals surface area contributed by atoms with Crippen molar-refractivity contribution in [3.63, 3.8) is 0 Å². The molecule has 0 bridgehead atoms. The van der Waals surface area contributed by atoms with Gasteiger partial charge in [0.25, 0.3) is 0 Å². The van der Waals surface area contributed by atoms with Gasteiger partial charge in [-0.2, -0.15) is 0 Å². The lowest BCUT2D eigenvalue weighted by atomic mass is 9.81. The summed E-state index contributed by atoms with van der Waals surface area (Å²) in [7, 11) is 1.65. The zero-order valence-corrected chi connectivity index (χ0v) is 12.6. The molecule has 0 amide bonds. The van der Waals surface area contributed by atoms with Gasteiger partial charge in [0, 0.05) is 0 Å². The minimum absolute atomic E-state index is 0.124. The van der Waals surface area contributed by atoms with Gasteiger partial charge in [0.15, 0.2) is 0 Å². The highest BCUT2D eigenvalue weighted by Gasteiger charge is 2.21. The Kier molecular flexibility index (Phi) is 5.97. The van der Waals surface area contributed by atoms with Crippen LogP contribution in [0.2, 0.25) is 5.02 Å². The molecule has 0 atom stereocenters. The van der Waals surface area contributed by atoms with Gasteiger partial charge in [-0.05, 0) is 49.0 Å². The number of halogens is 1. The van der Waals surface area contributed by atoms with E-state index >= 15 is 0 Å². The zero-order valence-electron chi connectivity index (χ0n) is 11.8. The standard InChI is InChI=1S/C15H24ClNO/c1-5-9-17-10-8-15(2,3)12-6-7-13(16)14(11-12)18-4/h6-7,11,17H,5,8-10H2,1-4H3. The number of hydrogen-bond acceptors (Lipinski definition) is 2. The van der Waals surface area contributed by atoms with Crippen LogP contribution in [0.25, 0.3) is 0 Å². The minimum Gasteiger partial charge on any atom is -0.495 e. The molecule has 0 saturated carbocycles. The van der Waals surface area contributed by atoms with E-state index in [9.17, 15) is 0 Å². The molecule has 2 nitrogen and oxygen atoms in total. The summed E-state index contributed by atoms with van der Waals surface area (Å²) in [6.07, 6.45) is 2.27. The van der Waals surface area contributed by atoms with Gasteiger partial charge in [-0.15, -0.1) is 0 Å². The van der Waals surface area contributed by atoms with Crippen molar-refractivity contribution in [3.05, 3.63) is 28.8 Å². The van der Waals surface area contributed by atoms with Gasteiger partial charge in [0.05, 0.1) is 12.1 Å². The van der Waals surface area contributed by atoms with Crippen LogP contribution in [0.15, 0.2) is 18.2 Å². The van der Waals surface area contributed by atoms with Crippen LogP contribution in [-0.2, 0) is 5.41 Å². The molecule has 0 saturated heterocycles. The minimum atomic E-state index is 0.124. The maximum Gasteiger partial charge on any atom is 0.137 e. The number of methoxy groups -OCH3 is 1. The monoisotopic (exact) mass is 269 g/mol. The van der Waals surface area contributed by atoms with Gasteiger partial charge in [-0.25, -0.2) is 0 Å². The van der Waals surface area contributed by atoms with Crippen LogP contribution in [0.1, 0.15) is 39.2 Å². The highest BCUT2D eigenvalue weighted by molar-refractivity contribution is 6.32. The van der Waals surface area contributed by atoms with Gasteiger partial charge >= 0.3 is 0 Å². The second-order valence-electron chi connectivity index (χ2n) is 5.23. The van der Waals surface area contributed by atoms with E-state index in [1.165, 1.54) is 12.0 Å². The summed E-state index contributed by atoms with van der Waals surface area (Å²) in [4.78, 5) is 0. The predicted molar refractivity (Wildman–Crippen MR) is 78.8 cm³/mol. The largest absolute Gasteiger partial charge is 0.495 e. The molecule has 0 spiro atoms. The van der Waals surface area contributed by atoms with Crippen LogP contribution in [-0.4, -0.2) is 20.2 Å². The molecule has 1 aromatic carbocycles. The molecule has 0 aliphatic carbocycles. The molecule has 0 unspecified atom stereocenters. The zero-order chi connectivity index (χ0) is 13.6. The molecule has 0 aromatic heterocycles. The lowest BCUT2D eigenvalue weighted by Gasteiger charge is -2.26.